The minimum Gasteiger partial charge on any atom is -0.288 e. The predicted octanol–water partition coefficient (Wildman–Crippen LogP) is 3.62. The molecule has 0 radical (unpaired) electrons. The van der Waals surface area contributed by atoms with E-state index in [4.69, 9.17) is 0 Å². The van der Waals surface area contributed by atoms with Crippen LogP contribution in [0.2, 0.25) is 0 Å². The third kappa shape index (κ3) is 2.68. The Morgan fingerprint density at radius 2 is 1.12 bits per heavy atom. The molecular formula is C13H9ClF2O. The Balaban J connectivity index is 0.00000144. The number of rotatable bonds is 2. The summed E-state index contributed by atoms with van der Waals surface area (Å²) in [6.07, 6.45) is 0. The van der Waals surface area contributed by atoms with Crippen molar-refractivity contribution in [1.82, 2.24) is 0 Å². The molecule has 0 aromatic heterocycles. The number of benzene rings is 2. The first-order valence-electron chi connectivity index (χ1n) is 4.74. The van der Waals surface area contributed by atoms with Gasteiger partial charge < -0.3 is 0 Å². The van der Waals surface area contributed by atoms with Crippen LogP contribution in [0.5, 0.6) is 0 Å². The van der Waals surface area contributed by atoms with Crippen molar-refractivity contribution in [2.24, 2.45) is 0 Å². The van der Waals surface area contributed by atoms with E-state index in [-0.39, 0.29) is 23.5 Å². The second-order valence-electron chi connectivity index (χ2n) is 3.29. The Kier molecular flexibility index (Phi) is 4.35. The Morgan fingerprint density at radius 1 is 0.765 bits per heavy atom. The number of ketones is 1. The maximum atomic E-state index is 13.3. The summed E-state index contributed by atoms with van der Waals surface area (Å²) in [6.45, 7) is 0. The van der Waals surface area contributed by atoms with Crippen molar-refractivity contribution in [3.63, 3.8) is 0 Å². The number of hydrogen-bond donors (Lipinski definition) is 0. The molecule has 0 saturated heterocycles. The van der Waals surface area contributed by atoms with E-state index < -0.39 is 17.4 Å². The summed E-state index contributed by atoms with van der Waals surface area (Å²) in [5.74, 6) is -1.93. The van der Waals surface area contributed by atoms with Crippen LogP contribution < -0.4 is 0 Å². The number of halogens is 3. The normalized spacial score (nSPS) is 9.53. The van der Waals surface area contributed by atoms with Gasteiger partial charge >= 0.3 is 0 Å². The molecule has 0 unspecified atom stereocenters. The average Bonchev–Trinajstić information content (AvgIpc) is 2.29. The van der Waals surface area contributed by atoms with Gasteiger partial charge in [0.25, 0.3) is 0 Å². The van der Waals surface area contributed by atoms with Gasteiger partial charge in [-0.15, -0.1) is 12.4 Å². The standard InChI is InChI=1S/C13H8F2O.ClH/c14-11-7-3-1-5-9(11)13(16)10-6-2-4-8-12(10)15;/h1-8H;1H. The van der Waals surface area contributed by atoms with E-state index in [1.807, 2.05) is 0 Å². The monoisotopic (exact) mass is 254 g/mol. The summed E-state index contributed by atoms with van der Waals surface area (Å²) in [6, 6.07) is 11.1. The van der Waals surface area contributed by atoms with Gasteiger partial charge in [-0.1, -0.05) is 24.3 Å². The van der Waals surface area contributed by atoms with Gasteiger partial charge in [-0.05, 0) is 24.3 Å². The van der Waals surface area contributed by atoms with Gasteiger partial charge in [0.15, 0.2) is 5.78 Å². The van der Waals surface area contributed by atoms with E-state index in [1.165, 1.54) is 48.5 Å². The summed E-state index contributed by atoms with van der Waals surface area (Å²) in [5, 5.41) is 0. The largest absolute Gasteiger partial charge is 0.288 e. The third-order valence-electron chi connectivity index (χ3n) is 2.24. The Labute approximate surface area is 103 Å². The Morgan fingerprint density at radius 3 is 1.47 bits per heavy atom. The molecule has 0 aliphatic carbocycles. The summed E-state index contributed by atoms with van der Waals surface area (Å²) >= 11 is 0. The van der Waals surface area contributed by atoms with Crippen molar-refractivity contribution in [3.8, 4) is 0 Å². The van der Waals surface area contributed by atoms with E-state index in [0.29, 0.717) is 0 Å². The minimum absolute atomic E-state index is 0. The van der Waals surface area contributed by atoms with Gasteiger partial charge in [-0.2, -0.15) is 0 Å². The highest BCUT2D eigenvalue weighted by Gasteiger charge is 2.16. The van der Waals surface area contributed by atoms with Crippen molar-refractivity contribution in [2.45, 2.75) is 0 Å². The molecular weight excluding hydrogens is 246 g/mol. The van der Waals surface area contributed by atoms with E-state index >= 15 is 0 Å². The Hall–Kier alpha value is -1.74. The van der Waals surface area contributed by atoms with Gasteiger partial charge in [0.2, 0.25) is 0 Å². The fourth-order valence-electron chi connectivity index (χ4n) is 1.44. The van der Waals surface area contributed by atoms with Gasteiger partial charge in [0.05, 0.1) is 11.1 Å². The molecule has 2 aromatic rings. The second-order valence-corrected chi connectivity index (χ2v) is 3.29. The SMILES string of the molecule is Cl.O=C(c1ccccc1F)c1ccccc1F. The molecule has 0 N–H and O–H groups in total. The molecule has 0 aliphatic heterocycles. The van der Waals surface area contributed by atoms with Crippen molar-refractivity contribution >= 4 is 18.2 Å². The number of carbonyl (C=O) groups excluding carboxylic acids is 1. The van der Waals surface area contributed by atoms with Crippen molar-refractivity contribution in [2.75, 3.05) is 0 Å². The lowest BCUT2D eigenvalue weighted by atomic mass is 10.0. The first kappa shape index (κ1) is 13.3. The van der Waals surface area contributed by atoms with Gasteiger partial charge in [-0.3, -0.25) is 4.79 Å². The van der Waals surface area contributed by atoms with Crippen molar-refractivity contribution < 1.29 is 13.6 Å². The molecule has 17 heavy (non-hydrogen) atoms. The topological polar surface area (TPSA) is 17.1 Å². The van der Waals surface area contributed by atoms with Crippen LogP contribution in [0.3, 0.4) is 0 Å². The molecule has 1 nitrogen and oxygen atoms in total. The van der Waals surface area contributed by atoms with Crippen LogP contribution >= 0.6 is 12.4 Å². The minimum atomic E-state index is -0.643. The second kappa shape index (κ2) is 5.55. The molecule has 0 heterocycles. The fraction of sp³-hybridized carbons (Fsp3) is 0. The van der Waals surface area contributed by atoms with Crippen molar-refractivity contribution in [3.05, 3.63) is 71.3 Å². The van der Waals surface area contributed by atoms with Crippen LogP contribution in [0.4, 0.5) is 8.78 Å². The van der Waals surface area contributed by atoms with E-state index in [0.717, 1.165) is 0 Å². The highest BCUT2D eigenvalue weighted by molar-refractivity contribution is 6.09. The lowest BCUT2D eigenvalue weighted by Gasteiger charge is -2.03. The highest BCUT2D eigenvalue weighted by atomic mass is 35.5. The summed E-state index contributed by atoms with van der Waals surface area (Å²) in [5.41, 5.74) is -0.236. The van der Waals surface area contributed by atoms with Gasteiger partial charge in [-0.25, -0.2) is 8.78 Å². The fourth-order valence-corrected chi connectivity index (χ4v) is 1.44. The third-order valence-corrected chi connectivity index (χ3v) is 2.24. The molecule has 2 aromatic carbocycles. The van der Waals surface area contributed by atoms with Crippen LogP contribution in [0.1, 0.15) is 15.9 Å². The lowest BCUT2D eigenvalue weighted by molar-refractivity contribution is 0.103. The van der Waals surface area contributed by atoms with Crippen molar-refractivity contribution in [1.29, 1.82) is 0 Å². The first-order chi connectivity index (χ1) is 7.70. The molecule has 0 saturated carbocycles. The van der Waals surface area contributed by atoms with E-state index in [2.05, 4.69) is 0 Å². The van der Waals surface area contributed by atoms with Gasteiger partial charge in [0.1, 0.15) is 11.6 Å². The van der Waals surface area contributed by atoms with Crippen LogP contribution in [0, 0.1) is 11.6 Å². The smallest absolute Gasteiger partial charge is 0.198 e. The molecule has 0 amide bonds. The predicted molar refractivity (Wildman–Crippen MR) is 63.5 cm³/mol. The number of hydrogen-bond acceptors (Lipinski definition) is 1. The van der Waals surface area contributed by atoms with Crippen LogP contribution in [0.15, 0.2) is 48.5 Å². The van der Waals surface area contributed by atoms with Crippen LogP contribution in [0.25, 0.3) is 0 Å². The summed E-state index contributed by atoms with van der Waals surface area (Å²) < 4.78 is 26.6. The molecule has 88 valence electrons. The molecule has 0 atom stereocenters. The molecule has 0 fully saturated rings. The molecule has 0 aliphatic rings. The van der Waals surface area contributed by atoms with Crippen LogP contribution in [-0.2, 0) is 0 Å². The number of carbonyl (C=O) groups is 1. The molecule has 0 bridgehead atoms. The molecule has 2 rings (SSSR count). The van der Waals surface area contributed by atoms with Crippen LogP contribution in [-0.4, -0.2) is 5.78 Å². The summed E-state index contributed by atoms with van der Waals surface area (Å²) in [4.78, 5) is 11.8. The van der Waals surface area contributed by atoms with E-state index in [9.17, 15) is 13.6 Å². The quantitative estimate of drug-likeness (QED) is 0.748. The molecule has 0 spiro atoms. The molecule has 4 heteroatoms. The summed E-state index contributed by atoms with van der Waals surface area (Å²) in [7, 11) is 0. The first-order valence-corrected chi connectivity index (χ1v) is 4.74. The average molecular weight is 255 g/mol. The zero-order chi connectivity index (χ0) is 11.5. The zero-order valence-electron chi connectivity index (χ0n) is 8.69. The van der Waals surface area contributed by atoms with E-state index in [1.54, 1.807) is 0 Å². The Bertz CT molecular complexity index is 493. The maximum Gasteiger partial charge on any atom is 0.198 e. The highest BCUT2D eigenvalue weighted by Crippen LogP contribution is 2.15. The lowest BCUT2D eigenvalue weighted by Crippen LogP contribution is -2.06. The maximum absolute atomic E-state index is 13.3. The van der Waals surface area contributed by atoms with Gasteiger partial charge in [0, 0.05) is 0 Å². The zero-order valence-corrected chi connectivity index (χ0v) is 9.51.